The number of nitrogens with one attached hydrogen (secondary N) is 1. The summed E-state index contributed by atoms with van der Waals surface area (Å²) in [6.07, 6.45) is 0. The Morgan fingerprint density at radius 2 is 1.82 bits per heavy atom. The molecule has 84 valence electrons. The van der Waals surface area contributed by atoms with Crippen molar-refractivity contribution < 1.29 is 4.79 Å². The Hall–Kier alpha value is -2.63. The van der Waals surface area contributed by atoms with Crippen LogP contribution in [0.4, 0.5) is 5.82 Å². The Balaban J connectivity index is 2.48. The molecule has 0 bridgehead atoms. The van der Waals surface area contributed by atoms with Gasteiger partial charge in [-0.1, -0.05) is 12.1 Å². The van der Waals surface area contributed by atoms with Crippen molar-refractivity contribution in [3.05, 3.63) is 29.8 Å². The van der Waals surface area contributed by atoms with E-state index in [1.54, 1.807) is 0 Å². The van der Waals surface area contributed by atoms with Crippen LogP contribution in [0.2, 0.25) is 0 Å². The highest BCUT2D eigenvalue weighted by atomic mass is 16.1. The van der Waals surface area contributed by atoms with Crippen LogP contribution in [0.5, 0.6) is 0 Å². The summed E-state index contributed by atoms with van der Waals surface area (Å²) in [7, 11) is 0. The van der Waals surface area contributed by atoms with Gasteiger partial charge in [-0.05, 0) is 12.1 Å². The van der Waals surface area contributed by atoms with Crippen molar-refractivity contribution in [2.75, 3.05) is 5.73 Å². The first-order valence-electron chi connectivity index (χ1n) is 5.00. The largest absolute Gasteiger partial charge is 0.384 e. The van der Waals surface area contributed by atoms with Gasteiger partial charge in [0.15, 0.2) is 5.65 Å². The number of rotatable bonds is 1. The van der Waals surface area contributed by atoms with Crippen LogP contribution >= 0.6 is 0 Å². The van der Waals surface area contributed by atoms with Crippen molar-refractivity contribution >= 4 is 33.9 Å². The number of carbonyl (C=O) groups excluding carboxylic acids is 1. The number of amides is 1. The van der Waals surface area contributed by atoms with Gasteiger partial charge in [0.05, 0.1) is 11.0 Å². The number of nitrogen functional groups attached to an aromatic ring is 1. The number of H-pyrrole nitrogens is 1. The summed E-state index contributed by atoms with van der Waals surface area (Å²) in [6, 6.07) is 7.37. The van der Waals surface area contributed by atoms with Gasteiger partial charge in [-0.15, -0.1) is 0 Å². The van der Waals surface area contributed by atoms with Crippen molar-refractivity contribution in [2.45, 2.75) is 0 Å². The number of aromatic amines is 1. The highest BCUT2D eigenvalue weighted by Gasteiger charge is 2.16. The van der Waals surface area contributed by atoms with E-state index in [1.807, 2.05) is 24.3 Å². The van der Waals surface area contributed by atoms with Crippen LogP contribution in [0, 0.1) is 0 Å². The summed E-state index contributed by atoms with van der Waals surface area (Å²) in [4.78, 5) is 22.8. The molecule has 0 atom stereocenters. The van der Waals surface area contributed by atoms with Crippen LogP contribution < -0.4 is 11.5 Å². The third-order valence-electron chi connectivity index (χ3n) is 2.58. The number of fused-ring (bicyclic) bond motifs is 2. The zero-order valence-corrected chi connectivity index (χ0v) is 8.77. The molecule has 0 saturated heterocycles. The second kappa shape index (κ2) is 3.18. The topological polar surface area (TPSA) is 111 Å². The van der Waals surface area contributed by atoms with Crippen LogP contribution in [0.1, 0.15) is 10.4 Å². The number of nitrogens with two attached hydrogens (primary N) is 2. The Kier molecular flexibility index (Phi) is 1.79. The molecule has 0 fully saturated rings. The predicted molar refractivity (Wildman–Crippen MR) is 64.3 cm³/mol. The van der Waals surface area contributed by atoms with E-state index >= 15 is 0 Å². The third kappa shape index (κ3) is 1.31. The maximum Gasteiger partial charge on any atom is 0.254 e. The number of benzene rings is 1. The third-order valence-corrected chi connectivity index (χ3v) is 2.58. The van der Waals surface area contributed by atoms with E-state index in [4.69, 9.17) is 11.5 Å². The molecule has 0 unspecified atom stereocenters. The Bertz CT molecular complexity index is 746. The average molecular weight is 227 g/mol. The number of primary amides is 1. The molecule has 6 nitrogen and oxygen atoms in total. The van der Waals surface area contributed by atoms with Gasteiger partial charge in [-0.2, -0.15) is 0 Å². The quantitative estimate of drug-likeness (QED) is 0.570. The lowest BCUT2D eigenvalue weighted by molar-refractivity contribution is 0.100. The molecule has 2 aromatic heterocycles. The Morgan fingerprint density at radius 1 is 1.18 bits per heavy atom. The standard InChI is InChI=1S/C11H9N5O/c12-9-7(10(13)17)8-11(16-9)15-6-4-2-1-3-5(6)14-8/h1-4H,12H2,(H2,13,17)(H,15,16). The molecule has 1 amide bonds. The molecule has 1 aromatic carbocycles. The van der Waals surface area contributed by atoms with Gasteiger partial charge >= 0.3 is 0 Å². The number of anilines is 1. The average Bonchev–Trinajstić information content (AvgIpc) is 2.60. The molecule has 6 heteroatoms. The van der Waals surface area contributed by atoms with E-state index in [0.29, 0.717) is 16.7 Å². The second-order valence-electron chi connectivity index (χ2n) is 3.69. The molecule has 0 aliphatic carbocycles. The van der Waals surface area contributed by atoms with Gasteiger partial charge in [0.2, 0.25) is 0 Å². The first-order valence-corrected chi connectivity index (χ1v) is 5.00. The van der Waals surface area contributed by atoms with E-state index < -0.39 is 5.91 Å². The number of hydrogen-bond acceptors (Lipinski definition) is 4. The van der Waals surface area contributed by atoms with E-state index in [0.717, 1.165) is 5.52 Å². The molecule has 17 heavy (non-hydrogen) atoms. The summed E-state index contributed by atoms with van der Waals surface area (Å²) >= 11 is 0. The number of nitrogens with zero attached hydrogens (tertiary/aromatic N) is 2. The minimum Gasteiger partial charge on any atom is -0.384 e. The van der Waals surface area contributed by atoms with Crippen LogP contribution in [0.25, 0.3) is 22.2 Å². The molecular formula is C11H9N5O. The monoisotopic (exact) mass is 227 g/mol. The first kappa shape index (κ1) is 9.59. The molecule has 2 heterocycles. The number of para-hydroxylation sites is 2. The normalized spacial score (nSPS) is 11.1. The first-order chi connectivity index (χ1) is 8.16. The van der Waals surface area contributed by atoms with Gasteiger partial charge in [-0.3, -0.25) is 4.79 Å². The lowest BCUT2D eigenvalue weighted by Crippen LogP contribution is -2.12. The summed E-state index contributed by atoms with van der Waals surface area (Å²) < 4.78 is 0. The van der Waals surface area contributed by atoms with Crippen molar-refractivity contribution in [3.8, 4) is 0 Å². The van der Waals surface area contributed by atoms with Gasteiger partial charge in [0, 0.05) is 0 Å². The molecular weight excluding hydrogens is 218 g/mol. The van der Waals surface area contributed by atoms with E-state index in [-0.39, 0.29) is 11.4 Å². The fourth-order valence-corrected chi connectivity index (χ4v) is 1.83. The molecule has 0 radical (unpaired) electrons. The Labute approximate surface area is 95.6 Å². The molecule has 0 aliphatic heterocycles. The molecule has 0 aliphatic rings. The number of carbonyl (C=O) groups is 1. The maximum absolute atomic E-state index is 11.3. The minimum absolute atomic E-state index is 0.193. The van der Waals surface area contributed by atoms with Gasteiger partial charge in [-0.25, -0.2) is 9.97 Å². The fraction of sp³-hybridized carbons (Fsp3) is 0. The second-order valence-corrected chi connectivity index (χ2v) is 3.69. The summed E-state index contributed by atoms with van der Waals surface area (Å²) in [6.45, 7) is 0. The van der Waals surface area contributed by atoms with Crippen molar-refractivity contribution in [3.63, 3.8) is 0 Å². The van der Waals surface area contributed by atoms with Gasteiger partial charge in [0.1, 0.15) is 16.9 Å². The molecule has 0 spiro atoms. The predicted octanol–water partition coefficient (Wildman–Crippen LogP) is 0.792. The minimum atomic E-state index is -0.613. The van der Waals surface area contributed by atoms with E-state index in [2.05, 4.69) is 15.0 Å². The Morgan fingerprint density at radius 3 is 2.47 bits per heavy atom. The summed E-state index contributed by atoms with van der Waals surface area (Å²) in [5, 5.41) is 0. The zero-order valence-electron chi connectivity index (χ0n) is 8.77. The zero-order chi connectivity index (χ0) is 12.0. The van der Waals surface area contributed by atoms with Crippen LogP contribution in [-0.2, 0) is 0 Å². The molecule has 0 saturated carbocycles. The molecule has 3 aromatic rings. The lowest BCUT2D eigenvalue weighted by atomic mass is 10.2. The van der Waals surface area contributed by atoms with Crippen LogP contribution in [-0.4, -0.2) is 20.9 Å². The van der Waals surface area contributed by atoms with Gasteiger partial charge in [0.25, 0.3) is 5.91 Å². The van der Waals surface area contributed by atoms with Crippen LogP contribution in [0.3, 0.4) is 0 Å². The fourth-order valence-electron chi connectivity index (χ4n) is 1.83. The SMILES string of the molecule is NC(=O)c1c(N)[nH]c2nc3ccccc3nc12. The smallest absolute Gasteiger partial charge is 0.254 e. The van der Waals surface area contributed by atoms with E-state index in [9.17, 15) is 4.79 Å². The van der Waals surface area contributed by atoms with Gasteiger partial charge < -0.3 is 16.5 Å². The lowest BCUT2D eigenvalue weighted by Gasteiger charge is -1.97. The highest BCUT2D eigenvalue weighted by molar-refractivity contribution is 6.09. The number of aromatic nitrogens is 3. The summed E-state index contributed by atoms with van der Waals surface area (Å²) in [5.74, 6) is -0.416. The summed E-state index contributed by atoms with van der Waals surface area (Å²) in [5.41, 5.74) is 13.4. The van der Waals surface area contributed by atoms with Crippen molar-refractivity contribution in [2.24, 2.45) is 5.73 Å². The van der Waals surface area contributed by atoms with Crippen molar-refractivity contribution in [1.82, 2.24) is 15.0 Å². The van der Waals surface area contributed by atoms with Crippen molar-refractivity contribution in [1.29, 1.82) is 0 Å². The molecule has 3 rings (SSSR count). The van der Waals surface area contributed by atoms with Crippen LogP contribution in [0.15, 0.2) is 24.3 Å². The number of hydrogen-bond donors (Lipinski definition) is 3. The highest BCUT2D eigenvalue weighted by Crippen LogP contribution is 2.22. The van der Waals surface area contributed by atoms with E-state index in [1.165, 1.54) is 0 Å². The maximum atomic E-state index is 11.3. The molecule has 5 N–H and O–H groups in total.